The fraction of sp³-hybridized carbons (Fsp3) is 0.286. The van der Waals surface area contributed by atoms with Crippen LogP contribution in [0.1, 0.15) is 13.8 Å². The Morgan fingerprint density at radius 2 is 1.95 bits per heavy atom. The third-order valence-corrected chi connectivity index (χ3v) is 3.30. The first-order valence-electron chi connectivity index (χ1n) is 6.24. The van der Waals surface area contributed by atoms with Gasteiger partial charge in [-0.05, 0) is 60.7 Å². The molecule has 0 aliphatic rings. The zero-order valence-corrected chi connectivity index (χ0v) is 13.1. The van der Waals surface area contributed by atoms with Gasteiger partial charge in [-0.3, -0.25) is 0 Å². The summed E-state index contributed by atoms with van der Waals surface area (Å²) in [5, 5.41) is 3.23. The Hall–Kier alpha value is -1.37. The number of halogens is 1. The molecular weight excluding hydrogens is 353 g/mol. The summed E-state index contributed by atoms with van der Waals surface area (Å²) in [6.45, 7) is 5.53. The van der Waals surface area contributed by atoms with E-state index in [1.54, 1.807) is 0 Å². The minimum atomic E-state index is 0.671. The van der Waals surface area contributed by atoms with Crippen LogP contribution in [0.5, 0.6) is 5.75 Å². The van der Waals surface area contributed by atoms with Crippen LogP contribution in [-0.2, 0) is 0 Å². The molecule has 0 amide bonds. The molecule has 0 atom stereocenters. The van der Waals surface area contributed by atoms with Crippen molar-refractivity contribution >= 4 is 28.4 Å². The second-order valence-corrected chi connectivity index (χ2v) is 5.04. The quantitative estimate of drug-likeness (QED) is 0.819. The normalized spacial score (nSPS) is 10.3. The molecule has 0 aliphatic carbocycles. The van der Waals surface area contributed by atoms with Crippen LogP contribution in [0.15, 0.2) is 30.5 Å². The molecule has 1 N–H and O–H groups in total. The maximum atomic E-state index is 5.42. The zero-order chi connectivity index (χ0) is 13.7. The lowest BCUT2D eigenvalue weighted by atomic mass is 10.2. The molecule has 0 saturated carbocycles. The minimum Gasteiger partial charge on any atom is -0.494 e. The molecule has 4 nitrogen and oxygen atoms in total. The third-order valence-electron chi connectivity index (χ3n) is 2.51. The summed E-state index contributed by atoms with van der Waals surface area (Å²) in [5.74, 6) is 2.46. The van der Waals surface area contributed by atoms with E-state index >= 15 is 0 Å². The van der Waals surface area contributed by atoms with Gasteiger partial charge in [0.15, 0.2) is 5.82 Å². The SMILES string of the molecule is CCNc1nc(-c2ccc(OCC)cc2)ncc1I. The van der Waals surface area contributed by atoms with E-state index in [0.717, 1.165) is 33.1 Å². The lowest BCUT2D eigenvalue weighted by Gasteiger charge is -2.08. The molecule has 0 fully saturated rings. The van der Waals surface area contributed by atoms with E-state index in [9.17, 15) is 0 Å². The monoisotopic (exact) mass is 369 g/mol. The van der Waals surface area contributed by atoms with Crippen LogP contribution in [0, 0.1) is 3.57 Å². The molecule has 0 spiro atoms. The summed E-state index contributed by atoms with van der Waals surface area (Å²) in [6, 6.07) is 7.83. The maximum absolute atomic E-state index is 5.42. The summed E-state index contributed by atoms with van der Waals surface area (Å²) >= 11 is 2.23. The van der Waals surface area contributed by atoms with Crippen LogP contribution in [0.3, 0.4) is 0 Å². The van der Waals surface area contributed by atoms with Crippen molar-refractivity contribution in [2.75, 3.05) is 18.5 Å². The van der Waals surface area contributed by atoms with E-state index in [2.05, 4.69) is 44.8 Å². The van der Waals surface area contributed by atoms with Crippen LogP contribution < -0.4 is 10.1 Å². The van der Waals surface area contributed by atoms with E-state index in [1.807, 2.05) is 37.4 Å². The van der Waals surface area contributed by atoms with Crippen LogP contribution >= 0.6 is 22.6 Å². The van der Waals surface area contributed by atoms with E-state index < -0.39 is 0 Å². The van der Waals surface area contributed by atoms with Crippen molar-refractivity contribution in [1.29, 1.82) is 0 Å². The Labute approximate surface area is 126 Å². The van der Waals surface area contributed by atoms with Crippen LogP contribution in [0.4, 0.5) is 5.82 Å². The number of hydrogen-bond acceptors (Lipinski definition) is 4. The van der Waals surface area contributed by atoms with Crippen LogP contribution in [-0.4, -0.2) is 23.1 Å². The average Bonchev–Trinajstić information content (AvgIpc) is 2.43. The molecule has 0 radical (unpaired) electrons. The lowest BCUT2D eigenvalue weighted by molar-refractivity contribution is 0.340. The van der Waals surface area contributed by atoms with Crippen LogP contribution in [0.2, 0.25) is 0 Å². The highest BCUT2D eigenvalue weighted by molar-refractivity contribution is 14.1. The molecule has 1 aromatic heterocycles. The number of ether oxygens (including phenoxy) is 1. The Bertz CT molecular complexity index is 543. The highest BCUT2D eigenvalue weighted by Crippen LogP contribution is 2.22. The largest absolute Gasteiger partial charge is 0.494 e. The van der Waals surface area contributed by atoms with Gasteiger partial charge in [0.25, 0.3) is 0 Å². The zero-order valence-electron chi connectivity index (χ0n) is 11.0. The number of rotatable bonds is 5. The standard InChI is InChI=1S/C14H16IN3O/c1-3-16-14-12(15)9-17-13(18-14)10-5-7-11(8-6-10)19-4-2/h5-9H,3-4H2,1-2H3,(H,16,17,18). The number of nitrogens with zero attached hydrogens (tertiary/aromatic N) is 2. The number of nitrogens with one attached hydrogen (secondary N) is 1. The first kappa shape index (κ1) is 14.0. The van der Waals surface area contributed by atoms with Crippen molar-refractivity contribution in [3.63, 3.8) is 0 Å². The van der Waals surface area contributed by atoms with Gasteiger partial charge in [0.2, 0.25) is 0 Å². The number of aromatic nitrogens is 2. The highest BCUT2D eigenvalue weighted by atomic mass is 127. The third kappa shape index (κ3) is 3.56. The smallest absolute Gasteiger partial charge is 0.161 e. The van der Waals surface area contributed by atoms with E-state index in [1.165, 1.54) is 0 Å². The van der Waals surface area contributed by atoms with Gasteiger partial charge in [0.05, 0.1) is 10.2 Å². The fourth-order valence-corrected chi connectivity index (χ4v) is 2.12. The molecule has 0 unspecified atom stereocenters. The summed E-state index contributed by atoms with van der Waals surface area (Å²) in [5.41, 5.74) is 0.985. The van der Waals surface area contributed by atoms with Crippen molar-refractivity contribution in [2.24, 2.45) is 0 Å². The molecule has 5 heteroatoms. The first-order chi connectivity index (χ1) is 9.24. The Morgan fingerprint density at radius 1 is 1.21 bits per heavy atom. The molecule has 2 aromatic rings. The lowest BCUT2D eigenvalue weighted by Crippen LogP contribution is -2.03. The molecule has 0 bridgehead atoms. The first-order valence-corrected chi connectivity index (χ1v) is 7.32. The highest BCUT2D eigenvalue weighted by Gasteiger charge is 2.06. The number of hydrogen-bond donors (Lipinski definition) is 1. The molecule has 100 valence electrons. The maximum Gasteiger partial charge on any atom is 0.161 e. The minimum absolute atomic E-state index is 0.671. The summed E-state index contributed by atoms with van der Waals surface area (Å²) in [6.07, 6.45) is 1.83. The van der Waals surface area contributed by atoms with Gasteiger partial charge in [-0.1, -0.05) is 0 Å². The molecule has 2 rings (SSSR count). The Kier molecular flexibility index (Phi) is 4.95. The van der Waals surface area contributed by atoms with Gasteiger partial charge in [-0.2, -0.15) is 0 Å². The summed E-state index contributed by atoms with van der Waals surface area (Å²) in [4.78, 5) is 8.91. The van der Waals surface area contributed by atoms with Gasteiger partial charge >= 0.3 is 0 Å². The van der Waals surface area contributed by atoms with Gasteiger partial charge in [0.1, 0.15) is 11.6 Å². The topological polar surface area (TPSA) is 47.0 Å². The molecule has 1 aromatic carbocycles. The van der Waals surface area contributed by atoms with Gasteiger partial charge < -0.3 is 10.1 Å². The summed E-state index contributed by atoms with van der Waals surface area (Å²) < 4.78 is 6.45. The van der Waals surface area contributed by atoms with Crippen molar-refractivity contribution in [3.8, 4) is 17.1 Å². The Balaban J connectivity index is 2.28. The van der Waals surface area contributed by atoms with Gasteiger partial charge in [-0.15, -0.1) is 0 Å². The predicted molar refractivity (Wildman–Crippen MR) is 85.5 cm³/mol. The molecular formula is C14H16IN3O. The van der Waals surface area contributed by atoms with Gasteiger partial charge in [0, 0.05) is 18.3 Å². The van der Waals surface area contributed by atoms with Crippen molar-refractivity contribution < 1.29 is 4.74 Å². The summed E-state index contributed by atoms with van der Waals surface area (Å²) in [7, 11) is 0. The van der Waals surface area contributed by atoms with Crippen molar-refractivity contribution in [2.45, 2.75) is 13.8 Å². The molecule has 1 heterocycles. The second-order valence-electron chi connectivity index (χ2n) is 3.88. The van der Waals surface area contributed by atoms with Crippen molar-refractivity contribution in [1.82, 2.24) is 9.97 Å². The van der Waals surface area contributed by atoms with Crippen molar-refractivity contribution in [3.05, 3.63) is 34.0 Å². The average molecular weight is 369 g/mol. The fourth-order valence-electron chi connectivity index (χ4n) is 1.66. The van der Waals surface area contributed by atoms with E-state index in [-0.39, 0.29) is 0 Å². The number of anilines is 1. The number of benzene rings is 1. The van der Waals surface area contributed by atoms with Crippen LogP contribution in [0.25, 0.3) is 11.4 Å². The second kappa shape index (κ2) is 6.70. The predicted octanol–water partition coefficient (Wildman–Crippen LogP) is 3.58. The van der Waals surface area contributed by atoms with E-state index in [4.69, 9.17) is 4.74 Å². The van der Waals surface area contributed by atoms with E-state index in [0.29, 0.717) is 6.61 Å². The molecule has 0 aliphatic heterocycles. The molecule has 0 saturated heterocycles. The van der Waals surface area contributed by atoms with Gasteiger partial charge in [-0.25, -0.2) is 9.97 Å². The Morgan fingerprint density at radius 3 is 2.58 bits per heavy atom. The molecule has 19 heavy (non-hydrogen) atoms.